The third-order valence-corrected chi connectivity index (χ3v) is 6.10. The molecule has 0 aromatic rings. The van der Waals surface area contributed by atoms with Gasteiger partial charge in [-0.25, -0.2) is 0 Å². The molecule has 0 unspecified atom stereocenters. The molecule has 1 fully saturated rings. The molecule has 0 saturated heterocycles. The predicted molar refractivity (Wildman–Crippen MR) is 81.8 cm³/mol. The Morgan fingerprint density at radius 1 is 1.67 bits per heavy atom. The van der Waals surface area contributed by atoms with Crippen molar-refractivity contribution in [2.24, 2.45) is 17.3 Å². The molecule has 2 aliphatic rings. The highest BCUT2D eigenvalue weighted by molar-refractivity contribution is 14.1. The van der Waals surface area contributed by atoms with Crippen LogP contribution in [0.2, 0.25) is 0 Å². The number of halogens is 1. The van der Waals surface area contributed by atoms with Gasteiger partial charge in [0, 0.05) is 17.3 Å². The van der Waals surface area contributed by atoms with E-state index in [0.717, 1.165) is 12.8 Å². The predicted octanol–water partition coefficient (Wildman–Crippen LogP) is 4.13. The van der Waals surface area contributed by atoms with Crippen molar-refractivity contribution in [1.82, 2.24) is 0 Å². The maximum absolute atomic E-state index is 11.2. The Morgan fingerprint density at radius 3 is 3.00 bits per heavy atom. The molecule has 102 valence electrons. The summed E-state index contributed by atoms with van der Waals surface area (Å²) in [4.78, 5) is 11.2. The molecule has 0 heterocycles. The molecule has 0 aromatic carbocycles. The Labute approximate surface area is 124 Å². The topological polar surface area (TPSA) is 26.3 Å². The van der Waals surface area contributed by atoms with E-state index >= 15 is 0 Å². The molecule has 2 rings (SSSR count). The standard InChI is InChI=1S/C15H23IO2/c1-10(9-16)12-6-7-13-14(18-11(2)17)5-4-8-15(12,13)3/h6,10,13-14H,4-5,7-9H2,1-3H3/t10-,13+,14+,15-/m1/s1. The van der Waals surface area contributed by atoms with E-state index in [0.29, 0.717) is 11.8 Å². The van der Waals surface area contributed by atoms with E-state index in [9.17, 15) is 4.79 Å². The molecule has 2 aliphatic carbocycles. The first-order valence-corrected chi connectivity index (χ1v) is 8.45. The zero-order valence-electron chi connectivity index (χ0n) is 11.5. The summed E-state index contributed by atoms with van der Waals surface area (Å²) >= 11 is 2.47. The lowest BCUT2D eigenvalue weighted by atomic mass is 9.63. The summed E-state index contributed by atoms with van der Waals surface area (Å²) < 4.78 is 6.73. The highest BCUT2D eigenvalue weighted by atomic mass is 127. The van der Waals surface area contributed by atoms with E-state index in [1.165, 1.54) is 24.2 Å². The molecule has 0 spiro atoms. The van der Waals surface area contributed by atoms with Gasteiger partial charge < -0.3 is 4.74 Å². The first kappa shape index (κ1) is 14.4. The van der Waals surface area contributed by atoms with Crippen LogP contribution in [0.25, 0.3) is 0 Å². The van der Waals surface area contributed by atoms with Crippen molar-refractivity contribution in [2.75, 3.05) is 4.43 Å². The number of carbonyl (C=O) groups excluding carboxylic acids is 1. The minimum absolute atomic E-state index is 0.125. The van der Waals surface area contributed by atoms with Gasteiger partial charge in [-0.15, -0.1) is 0 Å². The van der Waals surface area contributed by atoms with Gasteiger partial charge in [-0.05, 0) is 37.0 Å². The second-order valence-corrected chi connectivity index (χ2v) is 6.90. The van der Waals surface area contributed by atoms with Gasteiger partial charge in [0.05, 0.1) is 0 Å². The average Bonchev–Trinajstić information content (AvgIpc) is 2.66. The van der Waals surface area contributed by atoms with Crippen LogP contribution < -0.4 is 0 Å². The highest BCUT2D eigenvalue weighted by Crippen LogP contribution is 2.55. The highest BCUT2D eigenvalue weighted by Gasteiger charge is 2.49. The fourth-order valence-electron chi connectivity index (χ4n) is 3.93. The van der Waals surface area contributed by atoms with E-state index in [4.69, 9.17) is 4.74 Å². The summed E-state index contributed by atoms with van der Waals surface area (Å²) in [5.74, 6) is 1.03. The molecule has 4 atom stereocenters. The van der Waals surface area contributed by atoms with Crippen LogP contribution in [0.5, 0.6) is 0 Å². The van der Waals surface area contributed by atoms with Gasteiger partial charge in [-0.1, -0.05) is 48.1 Å². The Morgan fingerprint density at radius 2 is 2.39 bits per heavy atom. The quantitative estimate of drug-likeness (QED) is 0.327. The van der Waals surface area contributed by atoms with E-state index in [1.807, 2.05) is 0 Å². The third-order valence-electron chi connectivity index (χ3n) is 4.78. The molecule has 0 radical (unpaired) electrons. The van der Waals surface area contributed by atoms with Crippen molar-refractivity contribution in [3.8, 4) is 0 Å². The van der Waals surface area contributed by atoms with Gasteiger partial charge in [-0.3, -0.25) is 4.79 Å². The molecule has 0 bridgehead atoms. The largest absolute Gasteiger partial charge is 0.462 e. The molecule has 2 nitrogen and oxygen atoms in total. The van der Waals surface area contributed by atoms with Gasteiger partial charge in [0.1, 0.15) is 6.10 Å². The summed E-state index contributed by atoms with van der Waals surface area (Å²) in [6.07, 6.45) is 7.12. The average molecular weight is 362 g/mol. The van der Waals surface area contributed by atoms with Crippen LogP contribution in [0, 0.1) is 17.3 Å². The lowest BCUT2D eigenvalue weighted by Crippen LogP contribution is -2.41. The Bertz CT molecular complexity index is 364. The van der Waals surface area contributed by atoms with Crippen LogP contribution >= 0.6 is 22.6 Å². The Kier molecular flexibility index (Phi) is 4.40. The minimum Gasteiger partial charge on any atom is -0.462 e. The summed E-state index contributed by atoms with van der Waals surface area (Å²) in [7, 11) is 0. The van der Waals surface area contributed by atoms with Crippen LogP contribution in [0.15, 0.2) is 11.6 Å². The molecule has 3 heteroatoms. The van der Waals surface area contributed by atoms with Crippen LogP contribution in [-0.2, 0) is 9.53 Å². The zero-order chi connectivity index (χ0) is 13.3. The van der Waals surface area contributed by atoms with Crippen LogP contribution in [-0.4, -0.2) is 16.5 Å². The van der Waals surface area contributed by atoms with Gasteiger partial charge in [0.15, 0.2) is 0 Å². The fourth-order valence-corrected chi connectivity index (χ4v) is 4.40. The number of allylic oxidation sites excluding steroid dienone is 2. The monoisotopic (exact) mass is 362 g/mol. The van der Waals surface area contributed by atoms with Crippen molar-refractivity contribution in [1.29, 1.82) is 0 Å². The van der Waals surface area contributed by atoms with Crippen LogP contribution in [0.1, 0.15) is 46.5 Å². The number of carbonyl (C=O) groups is 1. The first-order valence-electron chi connectivity index (χ1n) is 6.92. The second kappa shape index (κ2) is 5.51. The van der Waals surface area contributed by atoms with Gasteiger partial charge in [0.25, 0.3) is 0 Å². The van der Waals surface area contributed by atoms with Gasteiger partial charge in [0.2, 0.25) is 0 Å². The van der Waals surface area contributed by atoms with Crippen molar-refractivity contribution in [2.45, 2.75) is 52.6 Å². The maximum Gasteiger partial charge on any atom is 0.302 e. The number of fused-ring (bicyclic) bond motifs is 1. The van der Waals surface area contributed by atoms with Crippen molar-refractivity contribution < 1.29 is 9.53 Å². The maximum atomic E-state index is 11.2. The molecule has 0 aromatic heterocycles. The normalized spacial score (nSPS) is 36.8. The fraction of sp³-hybridized carbons (Fsp3) is 0.800. The number of hydrogen-bond acceptors (Lipinski definition) is 2. The number of ether oxygens (including phenoxy) is 1. The summed E-state index contributed by atoms with van der Waals surface area (Å²) in [5.41, 5.74) is 1.88. The van der Waals surface area contributed by atoms with Crippen LogP contribution in [0.4, 0.5) is 0 Å². The molecule has 0 N–H and O–H groups in total. The number of esters is 1. The smallest absolute Gasteiger partial charge is 0.302 e. The lowest BCUT2D eigenvalue weighted by Gasteiger charge is -2.44. The van der Waals surface area contributed by atoms with E-state index in [-0.39, 0.29) is 17.5 Å². The van der Waals surface area contributed by atoms with Crippen molar-refractivity contribution in [3.05, 3.63) is 11.6 Å². The summed E-state index contributed by atoms with van der Waals surface area (Å²) in [6.45, 7) is 6.24. The van der Waals surface area contributed by atoms with E-state index < -0.39 is 0 Å². The van der Waals surface area contributed by atoms with E-state index in [2.05, 4.69) is 42.5 Å². The number of hydrogen-bond donors (Lipinski definition) is 0. The zero-order valence-corrected chi connectivity index (χ0v) is 13.7. The van der Waals surface area contributed by atoms with Crippen LogP contribution in [0.3, 0.4) is 0 Å². The molecular formula is C15H23IO2. The number of alkyl halides is 1. The van der Waals surface area contributed by atoms with Crippen molar-refractivity contribution in [3.63, 3.8) is 0 Å². The van der Waals surface area contributed by atoms with Gasteiger partial charge >= 0.3 is 5.97 Å². The molecule has 0 aliphatic heterocycles. The molecular weight excluding hydrogens is 339 g/mol. The first-order chi connectivity index (χ1) is 8.49. The number of rotatable bonds is 3. The third kappa shape index (κ3) is 2.47. The second-order valence-electron chi connectivity index (χ2n) is 6.01. The molecule has 1 saturated carbocycles. The lowest BCUT2D eigenvalue weighted by molar-refractivity contribution is -0.153. The molecule has 0 amide bonds. The van der Waals surface area contributed by atoms with E-state index in [1.54, 1.807) is 5.57 Å². The Hall–Kier alpha value is -0.0600. The molecule has 18 heavy (non-hydrogen) atoms. The summed E-state index contributed by atoms with van der Waals surface area (Å²) in [5, 5.41) is 0. The van der Waals surface area contributed by atoms with Gasteiger partial charge in [-0.2, -0.15) is 0 Å². The SMILES string of the molecule is CC(=O)O[C@H]1CCC[C@]2(C)C([C@H](C)CI)=CC[C@@H]12. The summed E-state index contributed by atoms with van der Waals surface area (Å²) in [6, 6.07) is 0. The van der Waals surface area contributed by atoms with Crippen molar-refractivity contribution >= 4 is 28.6 Å². The minimum atomic E-state index is -0.125. The Balaban J connectivity index is 2.18.